The van der Waals surface area contributed by atoms with Crippen molar-refractivity contribution in [3.05, 3.63) is 51.5 Å². The van der Waals surface area contributed by atoms with Crippen LogP contribution in [-0.2, 0) is 10.0 Å². The number of rotatable bonds is 3. The van der Waals surface area contributed by atoms with Crippen molar-refractivity contribution < 1.29 is 13.5 Å². The molecule has 0 heterocycles. The zero-order valence-electron chi connectivity index (χ0n) is 11.3. The van der Waals surface area contributed by atoms with Gasteiger partial charge in [0.2, 0.25) is 0 Å². The molecule has 2 rings (SSSR count). The lowest BCUT2D eigenvalue weighted by Gasteiger charge is -2.13. The van der Waals surface area contributed by atoms with E-state index < -0.39 is 10.0 Å². The second-order valence-corrected chi connectivity index (χ2v) is 7.07. The van der Waals surface area contributed by atoms with Gasteiger partial charge in [-0.05, 0) is 37.6 Å². The van der Waals surface area contributed by atoms with Gasteiger partial charge in [-0.1, -0.05) is 40.9 Å². The number of phenols is 1. The summed E-state index contributed by atoms with van der Waals surface area (Å²) < 4.78 is 27.0. The van der Waals surface area contributed by atoms with E-state index >= 15 is 0 Å². The van der Waals surface area contributed by atoms with Crippen molar-refractivity contribution in [2.75, 3.05) is 4.72 Å². The lowest BCUT2D eigenvalue weighted by atomic mass is 10.2. The quantitative estimate of drug-likeness (QED) is 0.822. The van der Waals surface area contributed by atoms with E-state index in [-0.39, 0.29) is 26.4 Å². The van der Waals surface area contributed by atoms with Crippen LogP contribution in [0.5, 0.6) is 5.75 Å². The molecule has 0 aromatic heterocycles. The minimum atomic E-state index is -3.77. The first-order chi connectivity index (χ1) is 9.72. The minimum absolute atomic E-state index is 0.0459. The third-order valence-electron chi connectivity index (χ3n) is 2.95. The van der Waals surface area contributed by atoms with E-state index in [1.807, 2.05) is 6.92 Å². The van der Waals surface area contributed by atoms with Gasteiger partial charge in [-0.25, -0.2) is 8.42 Å². The molecule has 2 N–H and O–H groups in total. The van der Waals surface area contributed by atoms with E-state index in [4.69, 9.17) is 23.2 Å². The summed E-state index contributed by atoms with van der Waals surface area (Å²) in [6, 6.07) is 7.83. The first-order valence-corrected chi connectivity index (χ1v) is 8.23. The third-order valence-corrected chi connectivity index (χ3v) is 5.19. The fourth-order valence-corrected chi connectivity index (χ4v) is 3.30. The summed E-state index contributed by atoms with van der Waals surface area (Å²) in [5.74, 6) is -0.167. The van der Waals surface area contributed by atoms with Gasteiger partial charge in [-0.3, -0.25) is 4.72 Å². The van der Waals surface area contributed by atoms with E-state index in [0.717, 1.165) is 5.56 Å². The van der Waals surface area contributed by atoms with Crippen molar-refractivity contribution in [2.24, 2.45) is 0 Å². The van der Waals surface area contributed by atoms with Gasteiger partial charge in [0.1, 0.15) is 10.8 Å². The predicted molar refractivity (Wildman–Crippen MR) is 84.9 cm³/mol. The molecular weight excluding hydrogens is 333 g/mol. The summed E-state index contributed by atoms with van der Waals surface area (Å²) in [7, 11) is -3.77. The molecule has 0 aliphatic rings. The molecule has 0 fully saturated rings. The van der Waals surface area contributed by atoms with Crippen molar-refractivity contribution in [3.63, 3.8) is 0 Å². The highest BCUT2D eigenvalue weighted by Crippen LogP contribution is 2.40. The highest BCUT2D eigenvalue weighted by molar-refractivity contribution is 7.92. The second kappa shape index (κ2) is 5.75. The Bertz CT molecular complexity index is 787. The van der Waals surface area contributed by atoms with Gasteiger partial charge >= 0.3 is 0 Å². The summed E-state index contributed by atoms with van der Waals surface area (Å²) >= 11 is 11.8. The Hall–Kier alpha value is -1.43. The fourth-order valence-electron chi connectivity index (χ4n) is 1.74. The molecule has 0 saturated heterocycles. The van der Waals surface area contributed by atoms with Gasteiger partial charge in [0.25, 0.3) is 10.0 Å². The topological polar surface area (TPSA) is 66.4 Å². The average Bonchev–Trinajstić information content (AvgIpc) is 2.42. The molecule has 0 spiro atoms. The maximum absolute atomic E-state index is 12.3. The van der Waals surface area contributed by atoms with Crippen LogP contribution in [-0.4, -0.2) is 13.5 Å². The fraction of sp³-hybridized carbons (Fsp3) is 0.143. The Labute approximate surface area is 133 Å². The van der Waals surface area contributed by atoms with E-state index in [0.29, 0.717) is 5.56 Å². The molecular formula is C14H13Cl2NO3S. The Morgan fingerprint density at radius 3 is 2.19 bits per heavy atom. The van der Waals surface area contributed by atoms with Crippen LogP contribution in [0.15, 0.2) is 35.2 Å². The number of halogens is 2. The Morgan fingerprint density at radius 1 is 1.05 bits per heavy atom. The van der Waals surface area contributed by atoms with Crippen LogP contribution in [0, 0.1) is 13.8 Å². The van der Waals surface area contributed by atoms with Crippen molar-refractivity contribution in [3.8, 4) is 5.75 Å². The summed E-state index contributed by atoms with van der Waals surface area (Å²) in [5.41, 5.74) is 1.50. The van der Waals surface area contributed by atoms with Crippen LogP contribution in [0.25, 0.3) is 0 Å². The number of hydrogen-bond acceptors (Lipinski definition) is 3. The number of sulfonamides is 1. The normalized spacial score (nSPS) is 11.4. The number of nitrogens with one attached hydrogen (secondary N) is 1. The van der Waals surface area contributed by atoms with Crippen LogP contribution in [0.3, 0.4) is 0 Å². The molecule has 0 aliphatic heterocycles. The lowest BCUT2D eigenvalue weighted by molar-refractivity contribution is 0.471. The second-order valence-electron chi connectivity index (χ2n) is 4.64. The third kappa shape index (κ3) is 3.26. The summed E-state index contributed by atoms with van der Waals surface area (Å²) in [6.07, 6.45) is 0. The van der Waals surface area contributed by atoms with Gasteiger partial charge in [0, 0.05) is 0 Å². The van der Waals surface area contributed by atoms with Crippen molar-refractivity contribution >= 4 is 38.9 Å². The number of aryl methyl sites for hydroxylation is 2. The first kappa shape index (κ1) is 15.9. The molecule has 2 aromatic rings. The molecule has 0 amide bonds. The molecule has 0 atom stereocenters. The van der Waals surface area contributed by atoms with Crippen molar-refractivity contribution in [1.29, 1.82) is 0 Å². The Morgan fingerprint density at radius 2 is 1.62 bits per heavy atom. The molecule has 0 unspecified atom stereocenters. The minimum Gasteiger partial charge on any atom is -0.506 e. The van der Waals surface area contributed by atoms with Crippen molar-refractivity contribution in [2.45, 2.75) is 18.7 Å². The first-order valence-electron chi connectivity index (χ1n) is 5.99. The molecule has 0 radical (unpaired) electrons. The van der Waals surface area contributed by atoms with Crippen LogP contribution in [0.2, 0.25) is 10.0 Å². The van der Waals surface area contributed by atoms with Crippen LogP contribution >= 0.6 is 23.2 Å². The molecule has 0 bridgehead atoms. The monoisotopic (exact) mass is 345 g/mol. The van der Waals surface area contributed by atoms with Gasteiger partial charge in [-0.15, -0.1) is 0 Å². The number of anilines is 1. The predicted octanol–water partition coefficient (Wildman–Crippen LogP) is 4.12. The zero-order chi connectivity index (χ0) is 15.8. The molecule has 0 saturated carbocycles. The number of phenolic OH excluding ortho intramolecular Hbond substituents is 1. The van der Waals surface area contributed by atoms with Gasteiger partial charge in [0.15, 0.2) is 0 Å². The number of benzene rings is 2. The molecule has 21 heavy (non-hydrogen) atoms. The number of hydrogen-bond donors (Lipinski definition) is 2. The number of aromatic hydroxyl groups is 1. The molecule has 7 heteroatoms. The summed E-state index contributed by atoms with van der Waals surface area (Å²) in [6.45, 7) is 3.46. The standard InChI is InChI=1S/C14H13Cl2NO3S/c1-8-3-5-10(6-4-8)21(19,20)17-11-7-9(2)14(18)13(16)12(11)15/h3-7,17-18H,1-2H3. The molecule has 4 nitrogen and oxygen atoms in total. The van der Waals surface area contributed by atoms with Crippen LogP contribution < -0.4 is 4.72 Å². The van der Waals surface area contributed by atoms with E-state index in [2.05, 4.69) is 4.72 Å². The van der Waals surface area contributed by atoms with Gasteiger partial charge in [-0.2, -0.15) is 0 Å². The van der Waals surface area contributed by atoms with Gasteiger partial charge in [0.05, 0.1) is 15.6 Å². The van der Waals surface area contributed by atoms with Gasteiger partial charge < -0.3 is 5.11 Å². The van der Waals surface area contributed by atoms with Crippen molar-refractivity contribution in [1.82, 2.24) is 0 Å². The largest absolute Gasteiger partial charge is 0.506 e. The lowest BCUT2D eigenvalue weighted by Crippen LogP contribution is -2.13. The van der Waals surface area contributed by atoms with E-state index in [1.165, 1.54) is 18.2 Å². The van der Waals surface area contributed by atoms with E-state index in [9.17, 15) is 13.5 Å². The molecule has 112 valence electrons. The summed E-state index contributed by atoms with van der Waals surface area (Å²) in [4.78, 5) is 0.117. The zero-order valence-corrected chi connectivity index (χ0v) is 13.6. The molecule has 0 aliphatic carbocycles. The highest BCUT2D eigenvalue weighted by Gasteiger charge is 2.19. The smallest absolute Gasteiger partial charge is 0.261 e. The van der Waals surface area contributed by atoms with Crippen LogP contribution in [0.4, 0.5) is 5.69 Å². The SMILES string of the molecule is Cc1ccc(S(=O)(=O)Nc2cc(C)c(O)c(Cl)c2Cl)cc1. The maximum atomic E-state index is 12.3. The average molecular weight is 346 g/mol. The van der Waals surface area contributed by atoms with Crippen LogP contribution in [0.1, 0.15) is 11.1 Å². The van der Waals surface area contributed by atoms with E-state index in [1.54, 1.807) is 19.1 Å². The summed E-state index contributed by atoms with van der Waals surface area (Å²) in [5, 5.41) is 9.53. The molecule has 2 aromatic carbocycles. The maximum Gasteiger partial charge on any atom is 0.261 e. The Balaban J connectivity index is 2.44. The highest BCUT2D eigenvalue weighted by atomic mass is 35.5. The Kier molecular flexibility index (Phi) is 4.37.